The van der Waals surface area contributed by atoms with Crippen LogP contribution in [0.4, 0.5) is 5.69 Å². The molecule has 8 nitrogen and oxygen atoms in total. The minimum Gasteiger partial charge on any atom is -0.459 e. The second-order valence-electron chi connectivity index (χ2n) is 9.87. The molecule has 3 aromatic heterocycles. The molecule has 0 spiro atoms. The lowest BCUT2D eigenvalue weighted by Crippen LogP contribution is -2.16. The van der Waals surface area contributed by atoms with Crippen molar-refractivity contribution in [1.29, 1.82) is 0 Å². The number of ether oxygens (including phenoxy) is 1. The Bertz CT molecular complexity index is 1540. The Balaban J connectivity index is 0.00000210. The van der Waals surface area contributed by atoms with E-state index in [4.69, 9.17) is 4.74 Å². The van der Waals surface area contributed by atoms with Crippen LogP contribution in [-0.4, -0.2) is 37.7 Å². The summed E-state index contributed by atoms with van der Waals surface area (Å²) >= 11 is 0. The molecule has 0 saturated heterocycles. The van der Waals surface area contributed by atoms with Crippen molar-refractivity contribution in [3.63, 3.8) is 0 Å². The van der Waals surface area contributed by atoms with E-state index in [1.807, 2.05) is 56.8 Å². The van der Waals surface area contributed by atoms with Crippen molar-refractivity contribution in [2.45, 2.75) is 59.1 Å². The minimum absolute atomic E-state index is 0. The van der Waals surface area contributed by atoms with Gasteiger partial charge in [-0.15, -0.1) is 0 Å². The van der Waals surface area contributed by atoms with Gasteiger partial charge in [-0.25, -0.2) is 9.78 Å². The average Bonchev–Trinajstić information content (AvgIpc) is 3.44. The van der Waals surface area contributed by atoms with Crippen LogP contribution in [-0.2, 0) is 9.53 Å². The number of anilines is 1. The Morgan fingerprint density at radius 1 is 1.24 bits per heavy atom. The largest absolute Gasteiger partial charge is 0.459 e. The minimum atomic E-state index is -0.406. The molecule has 1 amide bonds. The summed E-state index contributed by atoms with van der Waals surface area (Å²) in [5, 5.41) is 8.36. The summed E-state index contributed by atoms with van der Waals surface area (Å²) in [4.78, 5) is 33.0. The van der Waals surface area contributed by atoms with E-state index in [2.05, 4.69) is 33.2 Å². The van der Waals surface area contributed by atoms with Gasteiger partial charge in [0.25, 0.3) is 0 Å². The van der Waals surface area contributed by atoms with E-state index in [0.29, 0.717) is 22.9 Å². The molecule has 3 heterocycles. The number of pyridine rings is 1. The summed E-state index contributed by atoms with van der Waals surface area (Å²) in [5.74, 6) is -0.686. The standard InChI is InChI=1S/C29H31N5O3.2H2/c1-6-24(35)32-23-12-19(11-10-17(23)4)26-25-18(5)22(29(36)37-16(2)3)14-30-28(25)33-27(26)20-13-31-34(15-20)21-8-7-9-21;;/h6,10-16,21H,1,7-9H2,2-5H3,(H,30,33)(H,32,35);2*1H. The highest BCUT2D eigenvalue weighted by Gasteiger charge is 2.25. The number of carbonyl (C=O) groups is 2. The molecule has 37 heavy (non-hydrogen) atoms. The summed E-state index contributed by atoms with van der Waals surface area (Å²) in [6, 6.07) is 6.35. The molecule has 5 rings (SSSR count). The Kier molecular flexibility index (Phi) is 6.41. The lowest BCUT2D eigenvalue weighted by atomic mass is 9.93. The van der Waals surface area contributed by atoms with Gasteiger partial charge in [-0.05, 0) is 75.8 Å². The topological polar surface area (TPSA) is 102 Å². The number of hydrogen-bond donors (Lipinski definition) is 2. The van der Waals surface area contributed by atoms with E-state index in [9.17, 15) is 9.59 Å². The number of benzene rings is 1. The van der Waals surface area contributed by atoms with Crippen LogP contribution in [0.15, 0.2) is 49.4 Å². The Labute approximate surface area is 218 Å². The van der Waals surface area contributed by atoms with Crippen molar-refractivity contribution in [1.82, 2.24) is 19.7 Å². The van der Waals surface area contributed by atoms with E-state index in [-0.39, 0.29) is 14.9 Å². The molecular formula is C29H35N5O3. The Morgan fingerprint density at radius 3 is 2.70 bits per heavy atom. The highest BCUT2D eigenvalue weighted by molar-refractivity contribution is 6.08. The predicted octanol–water partition coefficient (Wildman–Crippen LogP) is 6.62. The van der Waals surface area contributed by atoms with Crippen LogP contribution < -0.4 is 5.32 Å². The van der Waals surface area contributed by atoms with E-state index < -0.39 is 5.97 Å². The highest BCUT2D eigenvalue weighted by atomic mass is 16.5. The fraction of sp³-hybridized carbons (Fsp3) is 0.310. The van der Waals surface area contributed by atoms with Crippen LogP contribution in [0, 0.1) is 13.8 Å². The average molecular weight is 502 g/mol. The van der Waals surface area contributed by atoms with Gasteiger partial charge in [0.1, 0.15) is 5.65 Å². The zero-order chi connectivity index (χ0) is 26.3. The van der Waals surface area contributed by atoms with E-state index >= 15 is 0 Å². The number of nitrogens with zero attached hydrogens (tertiary/aromatic N) is 3. The van der Waals surface area contributed by atoms with Gasteiger partial charge in [0.15, 0.2) is 0 Å². The summed E-state index contributed by atoms with van der Waals surface area (Å²) in [5.41, 5.74) is 7.03. The maximum absolute atomic E-state index is 12.9. The quantitative estimate of drug-likeness (QED) is 0.219. The van der Waals surface area contributed by atoms with Crippen LogP contribution in [0.5, 0.6) is 0 Å². The number of aryl methyl sites for hydroxylation is 2. The zero-order valence-corrected chi connectivity index (χ0v) is 21.6. The van der Waals surface area contributed by atoms with Crippen LogP contribution in [0.2, 0.25) is 0 Å². The van der Waals surface area contributed by atoms with Crippen molar-refractivity contribution < 1.29 is 17.2 Å². The number of rotatable bonds is 7. The first-order chi connectivity index (χ1) is 17.8. The van der Waals surface area contributed by atoms with Crippen molar-refractivity contribution in [3.8, 4) is 22.4 Å². The molecule has 1 aromatic carbocycles. The van der Waals surface area contributed by atoms with Crippen LogP contribution in [0.25, 0.3) is 33.4 Å². The molecule has 0 bridgehead atoms. The third-order valence-corrected chi connectivity index (χ3v) is 6.95. The first-order valence-electron chi connectivity index (χ1n) is 12.6. The fourth-order valence-corrected chi connectivity index (χ4v) is 4.71. The number of H-pyrrole nitrogens is 1. The van der Waals surface area contributed by atoms with Crippen molar-refractivity contribution in [2.24, 2.45) is 0 Å². The number of amides is 1. The molecule has 0 aliphatic heterocycles. The number of carbonyl (C=O) groups excluding carboxylic acids is 2. The molecular weight excluding hydrogens is 466 g/mol. The first kappa shape index (κ1) is 24.5. The molecule has 194 valence electrons. The van der Waals surface area contributed by atoms with Gasteiger partial charge in [0.05, 0.1) is 29.6 Å². The van der Waals surface area contributed by atoms with Gasteiger partial charge in [-0.2, -0.15) is 5.10 Å². The van der Waals surface area contributed by atoms with Crippen LogP contribution in [0.3, 0.4) is 0 Å². The SMILES string of the molecule is C=CC(=O)Nc1cc(-c2c(-c3cnn(C4CCC4)c3)[nH]c3ncc(C(=O)OC(C)C)c(C)c23)ccc1C.[HH].[HH]. The monoisotopic (exact) mass is 501 g/mol. The number of aromatic amines is 1. The summed E-state index contributed by atoms with van der Waals surface area (Å²) in [6.45, 7) is 11.1. The van der Waals surface area contributed by atoms with Gasteiger partial charge in [-0.3, -0.25) is 9.48 Å². The van der Waals surface area contributed by atoms with Crippen LogP contribution >= 0.6 is 0 Å². The van der Waals surface area contributed by atoms with E-state index in [1.54, 1.807) is 6.20 Å². The zero-order valence-electron chi connectivity index (χ0n) is 21.6. The fourth-order valence-electron chi connectivity index (χ4n) is 4.71. The van der Waals surface area contributed by atoms with Crippen molar-refractivity contribution in [2.75, 3.05) is 5.32 Å². The number of aromatic nitrogens is 4. The molecule has 1 aliphatic rings. The van der Waals surface area contributed by atoms with Crippen LogP contribution in [0.1, 0.15) is 63.5 Å². The second-order valence-corrected chi connectivity index (χ2v) is 9.87. The second kappa shape index (κ2) is 9.69. The summed E-state index contributed by atoms with van der Waals surface area (Å²) in [7, 11) is 0. The number of nitrogens with one attached hydrogen (secondary N) is 2. The molecule has 0 atom stereocenters. The molecule has 8 heteroatoms. The molecule has 0 radical (unpaired) electrons. The number of hydrogen-bond acceptors (Lipinski definition) is 5. The van der Waals surface area contributed by atoms with Gasteiger partial charge in [0.2, 0.25) is 5.91 Å². The molecule has 4 aromatic rings. The molecule has 1 saturated carbocycles. The number of fused-ring (bicyclic) bond motifs is 1. The van der Waals surface area contributed by atoms with E-state index in [1.165, 1.54) is 12.5 Å². The maximum Gasteiger partial charge on any atom is 0.340 e. The van der Waals surface area contributed by atoms with Crippen molar-refractivity contribution >= 4 is 28.6 Å². The molecule has 1 fully saturated rings. The van der Waals surface area contributed by atoms with Gasteiger partial charge < -0.3 is 15.0 Å². The Hall–Kier alpha value is -4.20. The lowest BCUT2D eigenvalue weighted by molar-refractivity contribution is -0.111. The van der Waals surface area contributed by atoms with Gasteiger partial charge in [0, 0.05) is 37.4 Å². The number of esters is 1. The maximum atomic E-state index is 12.9. The first-order valence-corrected chi connectivity index (χ1v) is 12.6. The van der Waals surface area contributed by atoms with E-state index in [0.717, 1.165) is 51.7 Å². The molecule has 0 unspecified atom stereocenters. The third kappa shape index (κ3) is 4.55. The molecule has 1 aliphatic carbocycles. The highest BCUT2D eigenvalue weighted by Crippen LogP contribution is 2.42. The van der Waals surface area contributed by atoms with Gasteiger partial charge in [-0.1, -0.05) is 18.7 Å². The lowest BCUT2D eigenvalue weighted by Gasteiger charge is -2.25. The normalized spacial score (nSPS) is 13.5. The molecule has 2 N–H and O–H groups in total. The third-order valence-electron chi connectivity index (χ3n) is 6.95. The Morgan fingerprint density at radius 2 is 2.03 bits per heavy atom. The smallest absolute Gasteiger partial charge is 0.340 e. The summed E-state index contributed by atoms with van der Waals surface area (Å²) in [6.07, 6.45) is 9.99. The van der Waals surface area contributed by atoms with Gasteiger partial charge >= 0.3 is 5.97 Å². The van der Waals surface area contributed by atoms with Crippen molar-refractivity contribution in [3.05, 3.63) is 66.1 Å². The summed E-state index contributed by atoms with van der Waals surface area (Å²) < 4.78 is 7.52. The predicted molar refractivity (Wildman–Crippen MR) is 149 cm³/mol.